The van der Waals surface area contributed by atoms with Crippen LogP contribution in [0.2, 0.25) is 0 Å². The highest BCUT2D eigenvalue weighted by molar-refractivity contribution is 9.10. The standard InChI is InChI=1S/C14H14BrN3S/c15-11-3-2-10(9-18-12-4-5-12)13(8-11)19-14-16-6-1-7-17-14/h1-3,6-8,12,18H,4-5,9H2. The third kappa shape index (κ3) is 3.78. The lowest BCUT2D eigenvalue weighted by Gasteiger charge is -2.09. The van der Waals surface area contributed by atoms with Crippen LogP contribution in [-0.2, 0) is 6.54 Å². The van der Waals surface area contributed by atoms with Crippen molar-refractivity contribution in [3.63, 3.8) is 0 Å². The van der Waals surface area contributed by atoms with Crippen LogP contribution in [0.3, 0.4) is 0 Å². The molecular weight excluding hydrogens is 322 g/mol. The predicted molar refractivity (Wildman–Crippen MR) is 80.2 cm³/mol. The van der Waals surface area contributed by atoms with Crippen molar-refractivity contribution in [2.24, 2.45) is 0 Å². The Bertz CT molecular complexity index is 558. The van der Waals surface area contributed by atoms with Gasteiger partial charge in [0.1, 0.15) is 0 Å². The summed E-state index contributed by atoms with van der Waals surface area (Å²) in [7, 11) is 0. The smallest absolute Gasteiger partial charge is 0.192 e. The zero-order chi connectivity index (χ0) is 13.1. The molecule has 2 aromatic rings. The number of hydrogen-bond donors (Lipinski definition) is 1. The molecule has 1 aliphatic carbocycles. The fourth-order valence-electron chi connectivity index (χ4n) is 1.75. The summed E-state index contributed by atoms with van der Waals surface area (Å²) in [6.45, 7) is 0.910. The first-order valence-corrected chi connectivity index (χ1v) is 7.89. The molecule has 0 saturated heterocycles. The summed E-state index contributed by atoms with van der Waals surface area (Å²) in [6, 6.07) is 8.92. The van der Waals surface area contributed by atoms with Crippen LogP contribution < -0.4 is 5.32 Å². The molecule has 0 radical (unpaired) electrons. The highest BCUT2D eigenvalue weighted by Gasteiger charge is 2.20. The van der Waals surface area contributed by atoms with Crippen LogP contribution in [0.5, 0.6) is 0 Å². The van der Waals surface area contributed by atoms with Crippen LogP contribution in [0.4, 0.5) is 0 Å². The molecule has 1 aliphatic rings. The predicted octanol–water partition coefficient (Wildman–Crippen LogP) is 3.64. The number of rotatable bonds is 5. The quantitative estimate of drug-likeness (QED) is 0.846. The van der Waals surface area contributed by atoms with Gasteiger partial charge >= 0.3 is 0 Å². The maximum Gasteiger partial charge on any atom is 0.192 e. The van der Waals surface area contributed by atoms with Crippen molar-refractivity contribution in [2.45, 2.75) is 35.5 Å². The molecule has 19 heavy (non-hydrogen) atoms. The van der Waals surface area contributed by atoms with Gasteiger partial charge in [0.2, 0.25) is 0 Å². The van der Waals surface area contributed by atoms with E-state index in [9.17, 15) is 0 Å². The molecule has 0 bridgehead atoms. The van der Waals surface area contributed by atoms with Gasteiger partial charge < -0.3 is 5.32 Å². The molecule has 3 rings (SSSR count). The Morgan fingerprint density at radius 1 is 1.26 bits per heavy atom. The Balaban J connectivity index is 1.78. The second-order valence-electron chi connectivity index (χ2n) is 4.54. The second kappa shape index (κ2) is 6.03. The average Bonchev–Trinajstić information content (AvgIpc) is 3.23. The Hall–Kier alpha value is -0.910. The van der Waals surface area contributed by atoms with Gasteiger partial charge in [-0.15, -0.1) is 0 Å². The van der Waals surface area contributed by atoms with Crippen molar-refractivity contribution in [3.8, 4) is 0 Å². The summed E-state index contributed by atoms with van der Waals surface area (Å²) in [5.41, 5.74) is 1.30. The molecule has 0 aliphatic heterocycles. The second-order valence-corrected chi connectivity index (χ2v) is 6.47. The zero-order valence-corrected chi connectivity index (χ0v) is 12.7. The first-order valence-electron chi connectivity index (χ1n) is 6.28. The Labute approximate surface area is 125 Å². The fraction of sp³-hybridized carbons (Fsp3) is 0.286. The molecule has 0 unspecified atom stereocenters. The van der Waals surface area contributed by atoms with E-state index >= 15 is 0 Å². The lowest BCUT2D eigenvalue weighted by atomic mass is 10.2. The van der Waals surface area contributed by atoms with Gasteiger partial charge in [0, 0.05) is 34.3 Å². The van der Waals surface area contributed by atoms with Gasteiger partial charge in [-0.2, -0.15) is 0 Å². The minimum atomic E-state index is 0.717. The number of halogens is 1. The van der Waals surface area contributed by atoms with E-state index in [4.69, 9.17) is 0 Å². The molecule has 1 saturated carbocycles. The summed E-state index contributed by atoms with van der Waals surface area (Å²) in [5, 5.41) is 4.33. The number of nitrogens with one attached hydrogen (secondary N) is 1. The van der Waals surface area contributed by atoms with Gasteiger partial charge in [-0.05, 0) is 48.4 Å². The van der Waals surface area contributed by atoms with Crippen molar-refractivity contribution in [1.29, 1.82) is 0 Å². The van der Waals surface area contributed by atoms with Crippen molar-refractivity contribution in [1.82, 2.24) is 15.3 Å². The lowest BCUT2D eigenvalue weighted by Crippen LogP contribution is -2.15. The minimum Gasteiger partial charge on any atom is -0.310 e. The van der Waals surface area contributed by atoms with E-state index in [-0.39, 0.29) is 0 Å². The Morgan fingerprint density at radius 2 is 2.05 bits per heavy atom. The zero-order valence-electron chi connectivity index (χ0n) is 10.3. The lowest BCUT2D eigenvalue weighted by molar-refractivity contribution is 0.680. The van der Waals surface area contributed by atoms with Gasteiger partial charge in [-0.25, -0.2) is 9.97 Å². The molecule has 0 amide bonds. The van der Waals surface area contributed by atoms with Crippen LogP contribution >= 0.6 is 27.7 Å². The molecule has 5 heteroatoms. The number of hydrogen-bond acceptors (Lipinski definition) is 4. The van der Waals surface area contributed by atoms with E-state index in [2.05, 4.69) is 49.4 Å². The summed E-state index contributed by atoms with van der Waals surface area (Å²) < 4.78 is 1.08. The van der Waals surface area contributed by atoms with Crippen molar-refractivity contribution >= 4 is 27.7 Å². The van der Waals surface area contributed by atoms with Crippen molar-refractivity contribution in [3.05, 3.63) is 46.7 Å². The molecule has 0 spiro atoms. The van der Waals surface area contributed by atoms with Crippen molar-refractivity contribution < 1.29 is 0 Å². The van der Waals surface area contributed by atoms with E-state index in [0.717, 1.165) is 22.2 Å². The van der Waals surface area contributed by atoms with E-state index < -0.39 is 0 Å². The van der Waals surface area contributed by atoms with E-state index in [0.29, 0.717) is 0 Å². The highest BCUT2D eigenvalue weighted by Crippen LogP contribution is 2.31. The van der Waals surface area contributed by atoms with E-state index in [1.165, 1.54) is 23.3 Å². The van der Waals surface area contributed by atoms with Gasteiger partial charge in [-0.1, -0.05) is 22.0 Å². The van der Waals surface area contributed by atoms with Gasteiger partial charge in [0.15, 0.2) is 5.16 Å². The molecule has 0 atom stereocenters. The average molecular weight is 336 g/mol. The molecule has 1 heterocycles. The van der Waals surface area contributed by atoms with Crippen LogP contribution in [-0.4, -0.2) is 16.0 Å². The summed E-state index contributed by atoms with van der Waals surface area (Å²) in [4.78, 5) is 9.74. The van der Waals surface area contributed by atoms with Crippen LogP contribution in [0.15, 0.2) is 51.2 Å². The molecule has 3 nitrogen and oxygen atoms in total. The summed E-state index contributed by atoms with van der Waals surface area (Å²) in [5.74, 6) is 0. The first kappa shape index (κ1) is 13.1. The maximum atomic E-state index is 4.27. The molecule has 1 aromatic heterocycles. The normalized spacial score (nSPS) is 14.6. The molecule has 98 valence electrons. The largest absolute Gasteiger partial charge is 0.310 e. The minimum absolute atomic E-state index is 0.717. The van der Waals surface area contributed by atoms with Gasteiger partial charge in [-0.3, -0.25) is 0 Å². The number of nitrogens with zero attached hydrogens (tertiary/aromatic N) is 2. The number of aromatic nitrogens is 2. The fourth-order valence-corrected chi connectivity index (χ4v) is 3.14. The third-order valence-corrected chi connectivity index (χ3v) is 4.42. The topological polar surface area (TPSA) is 37.8 Å². The SMILES string of the molecule is Brc1ccc(CNC2CC2)c(Sc2ncccn2)c1. The van der Waals surface area contributed by atoms with E-state index in [1.54, 1.807) is 24.2 Å². The molecule has 1 aromatic carbocycles. The van der Waals surface area contributed by atoms with Crippen molar-refractivity contribution in [2.75, 3.05) is 0 Å². The molecule has 1 fully saturated rings. The monoisotopic (exact) mass is 335 g/mol. The van der Waals surface area contributed by atoms with Gasteiger partial charge in [0.05, 0.1) is 0 Å². The molecule has 1 N–H and O–H groups in total. The number of benzene rings is 1. The van der Waals surface area contributed by atoms with Gasteiger partial charge in [0.25, 0.3) is 0 Å². The summed E-state index contributed by atoms with van der Waals surface area (Å²) >= 11 is 5.14. The highest BCUT2D eigenvalue weighted by atomic mass is 79.9. The Kier molecular flexibility index (Phi) is 4.15. The van der Waals surface area contributed by atoms with Crippen LogP contribution in [0.1, 0.15) is 18.4 Å². The summed E-state index contributed by atoms with van der Waals surface area (Å²) in [6.07, 6.45) is 6.16. The maximum absolute atomic E-state index is 4.27. The first-order chi connectivity index (χ1) is 9.31. The van der Waals surface area contributed by atoms with E-state index in [1.807, 2.05) is 6.07 Å². The molecular formula is C14H14BrN3S. The third-order valence-electron chi connectivity index (χ3n) is 2.93. The van der Waals surface area contributed by atoms with Crippen LogP contribution in [0.25, 0.3) is 0 Å². The Morgan fingerprint density at radius 3 is 2.79 bits per heavy atom. The van der Waals surface area contributed by atoms with Crippen LogP contribution in [0, 0.1) is 0 Å².